The number of rotatable bonds is 44. The molecule has 0 radical (unpaired) electrons. The fourth-order valence-electron chi connectivity index (χ4n) is 16.0. The Kier molecular flexibility index (Phi) is 29.9. The Morgan fingerprint density at radius 3 is 0.656 bits per heavy atom. The van der Waals surface area contributed by atoms with Crippen LogP contribution >= 0.6 is 0 Å². The van der Waals surface area contributed by atoms with Crippen molar-refractivity contribution >= 4 is 44.1 Å². The van der Waals surface area contributed by atoms with E-state index < -0.39 is 0 Å². The van der Waals surface area contributed by atoms with Gasteiger partial charge in [0.1, 0.15) is 22.6 Å². The largest absolute Gasteiger partial charge is 0.324 e. The summed E-state index contributed by atoms with van der Waals surface area (Å²) in [6, 6.07) is 20.2. The summed E-state index contributed by atoms with van der Waals surface area (Å²) >= 11 is 0. The van der Waals surface area contributed by atoms with Crippen LogP contribution in [0.25, 0.3) is 89.7 Å². The second-order valence-corrected chi connectivity index (χ2v) is 30.0. The summed E-state index contributed by atoms with van der Waals surface area (Å²) < 4.78 is 0. The summed E-state index contributed by atoms with van der Waals surface area (Å²) in [5, 5.41) is 4.44. The van der Waals surface area contributed by atoms with Crippen molar-refractivity contribution in [2.45, 2.75) is 340 Å². The average Bonchev–Trinajstić information content (AvgIpc) is 1.59. The second-order valence-electron chi connectivity index (χ2n) is 30.0. The van der Waals surface area contributed by atoms with E-state index in [-0.39, 0.29) is 0 Å². The molecule has 0 aliphatic carbocycles. The third kappa shape index (κ3) is 19.4. The van der Waals surface area contributed by atoms with Crippen molar-refractivity contribution in [2.24, 2.45) is 23.7 Å². The molecule has 4 aromatic carbocycles. The van der Waals surface area contributed by atoms with Crippen LogP contribution in [0.1, 0.15) is 333 Å². The van der Waals surface area contributed by atoms with Crippen molar-refractivity contribution in [3.8, 4) is 45.6 Å². The summed E-state index contributed by atoms with van der Waals surface area (Å²) in [6.07, 6.45) is 47.7. The van der Waals surface area contributed by atoms with Crippen molar-refractivity contribution < 1.29 is 0 Å². The topological polar surface area (TPSA) is 109 Å². The van der Waals surface area contributed by atoms with Crippen molar-refractivity contribution in [3.05, 3.63) is 93.0 Å². The molecule has 0 amide bonds. The molecule has 8 heteroatoms. The number of hydrogen-bond donors (Lipinski definition) is 2. The number of H-pyrrole nitrogens is 2. The Balaban J connectivity index is 1.43. The molecule has 8 nitrogen and oxygen atoms in total. The van der Waals surface area contributed by atoms with E-state index in [0.717, 1.165) is 141 Å². The van der Waals surface area contributed by atoms with Gasteiger partial charge in [-0.1, -0.05) is 263 Å². The Morgan fingerprint density at radius 2 is 0.458 bits per heavy atom. The number of hydrogen-bond acceptors (Lipinski definition) is 6. The zero-order valence-electron chi connectivity index (χ0n) is 62.9. The van der Waals surface area contributed by atoms with E-state index in [1.807, 2.05) is 0 Å². The van der Waals surface area contributed by atoms with Gasteiger partial charge in [-0.05, 0) is 194 Å². The Labute approximate surface area is 583 Å². The molecule has 4 atom stereocenters. The third-order valence-electron chi connectivity index (χ3n) is 22.5. The van der Waals surface area contributed by atoms with Gasteiger partial charge in [0.2, 0.25) is 0 Å². The molecular weight excluding hydrogens is 1170 g/mol. The lowest BCUT2D eigenvalue weighted by molar-refractivity contribution is 0.434. The summed E-state index contributed by atoms with van der Waals surface area (Å²) in [5.74, 6) is 5.36. The van der Waals surface area contributed by atoms with Crippen LogP contribution in [0.4, 0.5) is 0 Å². The Morgan fingerprint density at radius 1 is 0.240 bits per heavy atom. The minimum atomic E-state index is 0.611. The molecule has 9 rings (SSSR count). The number of aromatic nitrogens is 8. The molecule has 2 aliphatic heterocycles. The van der Waals surface area contributed by atoms with Crippen LogP contribution in [-0.2, 0) is 51.4 Å². The summed E-state index contributed by atoms with van der Waals surface area (Å²) in [6.45, 7) is 28.3. The van der Waals surface area contributed by atoms with E-state index >= 15 is 0 Å². The van der Waals surface area contributed by atoms with Gasteiger partial charge in [-0.25, -0.2) is 29.9 Å². The molecule has 4 unspecified atom stereocenters. The molecule has 0 spiro atoms. The van der Waals surface area contributed by atoms with Gasteiger partial charge in [0.15, 0.2) is 23.3 Å². The van der Waals surface area contributed by atoms with Gasteiger partial charge >= 0.3 is 0 Å². The zero-order valence-corrected chi connectivity index (χ0v) is 62.9. The van der Waals surface area contributed by atoms with Crippen LogP contribution in [0.15, 0.2) is 48.5 Å². The molecule has 0 saturated carbocycles. The maximum absolute atomic E-state index is 5.88. The molecule has 5 heterocycles. The first-order valence-corrected chi connectivity index (χ1v) is 40.5. The van der Waals surface area contributed by atoms with Crippen molar-refractivity contribution in [1.29, 1.82) is 0 Å². The highest BCUT2D eigenvalue weighted by molar-refractivity contribution is 6.07. The molecule has 0 saturated heterocycles. The van der Waals surface area contributed by atoms with Crippen molar-refractivity contribution in [2.75, 3.05) is 0 Å². The number of nitrogens with zero attached hydrogens (tertiary/aromatic N) is 6. The van der Waals surface area contributed by atoms with Crippen LogP contribution in [0.5, 0.6) is 0 Å². The Hall–Kier alpha value is -5.76. The van der Waals surface area contributed by atoms with Gasteiger partial charge in [-0.15, -0.1) is 0 Å². The van der Waals surface area contributed by atoms with Gasteiger partial charge < -0.3 is 9.97 Å². The molecule has 7 aromatic rings. The van der Waals surface area contributed by atoms with Crippen molar-refractivity contribution in [3.63, 3.8) is 0 Å². The Bertz CT molecular complexity index is 3260. The molecule has 8 bridgehead atoms. The number of aromatic amines is 2. The number of nitrogens with one attached hydrogen (secondary N) is 2. The molecule has 0 fully saturated rings. The number of aryl methyl sites for hydroxylation is 4. The van der Waals surface area contributed by atoms with E-state index in [0.29, 0.717) is 23.7 Å². The van der Waals surface area contributed by atoms with E-state index in [1.54, 1.807) is 0 Å². The summed E-state index contributed by atoms with van der Waals surface area (Å²) in [7, 11) is 0. The SMILES string of the molecule is CCCCCCc1cc2c3nc4nc(nc5[nH]c(nc6nc(nc([nH]3)c2cc1CCCCCC)-c1cc(CC(CC)CCCC)c(CC(CC)CCCC)cc1-6)c1cc(CCCCCC)c(CCCCCC)cc51)-c1cc(CC(CC)CCCC)c(CC(CC)CCCC)cc1-4. The number of benzene rings is 4. The van der Waals surface area contributed by atoms with Gasteiger partial charge in [-0.2, -0.15) is 0 Å². The second kappa shape index (κ2) is 38.6. The van der Waals surface area contributed by atoms with E-state index in [1.165, 1.54) is 250 Å². The smallest absolute Gasteiger partial charge is 0.164 e. The number of fused-ring (bicyclic) bond motifs is 20. The van der Waals surface area contributed by atoms with Crippen molar-refractivity contribution in [1.82, 2.24) is 39.9 Å². The average molecular weight is 1300 g/mol. The fourth-order valence-corrected chi connectivity index (χ4v) is 16.0. The lowest BCUT2D eigenvalue weighted by Gasteiger charge is -2.21. The van der Waals surface area contributed by atoms with E-state index in [4.69, 9.17) is 29.9 Å². The zero-order chi connectivity index (χ0) is 67.8. The van der Waals surface area contributed by atoms with Crippen LogP contribution in [0.2, 0.25) is 0 Å². The quantitative estimate of drug-likeness (QED) is 0.0368. The molecular formula is C88H130N8. The molecule has 96 heavy (non-hydrogen) atoms. The monoisotopic (exact) mass is 1300 g/mol. The first-order chi connectivity index (χ1) is 47.0. The predicted octanol–water partition coefficient (Wildman–Crippen LogP) is 26.4. The minimum Gasteiger partial charge on any atom is -0.324 e. The normalized spacial score (nSPS) is 13.5. The summed E-state index contributed by atoms with van der Waals surface area (Å²) in [5.41, 5.74) is 19.3. The first-order valence-electron chi connectivity index (χ1n) is 40.5. The van der Waals surface area contributed by atoms with Gasteiger partial charge in [0.25, 0.3) is 0 Å². The van der Waals surface area contributed by atoms with Gasteiger partial charge in [0, 0.05) is 43.8 Å². The van der Waals surface area contributed by atoms with E-state index in [2.05, 4.69) is 142 Å². The first kappa shape index (κ1) is 74.5. The molecule has 2 N–H and O–H groups in total. The van der Waals surface area contributed by atoms with E-state index in [9.17, 15) is 0 Å². The maximum atomic E-state index is 5.88. The summed E-state index contributed by atoms with van der Waals surface area (Å²) in [4.78, 5) is 43.0. The van der Waals surface area contributed by atoms with Crippen LogP contribution < -0.4 is 0 Å². The molecule has 2 aliphatic rings. The van der Waals surface area contributed by atoms with Crippen LogP contribution in [0.3, 0.4) is 0 Å². The van der Waals surface area contributed by atoms with Crippen LogP contribution in [0, 0.1) is 23.7 Å². The highest BCUT2D eigenvalue weighted by atomic mass is 15.1. The highest BCUT2D eigenvalue weighted by Gasteiger charge is 2.29. The standard InChI is InChI=1S/C88H130N8/c1-13-25-33-37-45-65-53-73-74(54-66(65)46-38-34-26-14-2)82-89-81(73)91-85-77-57-69(49-61(21-9)41-29-17-5)70(50-62(22-10)42-30-18-6)58-78(77)87(95-85)93-83-75-55-67(47-39-35-27-15-3)68(48-40-36-28-16-4)56-76(75)84(90-83)94-88-80-60-72(52-64(24-12)44-32-20-8)71(51-63(23-11)43-31-19-7)59-79(80)86(92-82)96-88/h53-64H,13-52H2,1-12H3,(H2,89,90,91,92,93,94,95,96). The maximum Gasteiger partial charge on any atom is 0.164 e. The lowest BCUT2D eigenvalue weighted by Crippen LogP contribution is -2.10. The van der Waals surface area contributed by atoms with Gasteiger partial charge in [0.05, 0.1) is 0 Å². The highest BCUT2D eigenvalue weighted by Crippen LogP contribution is 2.43. The van der Waals surface area contributed by atoms with Crippen LogP contribution in [-0.4, -0.2) is 39.9 Å². The van der Waals surface area contributed by atoms with Gasteiger partial charge in [-0.3, -0.25) is 0 Å². The third-order valence-corrected chi connectivity index (χ3v) is 22.5. The lowest BCUT2D eigenvalue weighted by atomic mass is 9.83. The number of unbranched alkanes of at least 4 members (excludes halogenated alkanes) is 16. The predicted molar refractivity (Wildman–Crippen MR) is 415 cm³/mol. The molecule has 3 aromatic heterocycles. The molecule has 522 valence electrons. The minimum absolute atomic E-state index is 0.611. The fraction of sp³-hybridized carbons (Fsp3) is 0.636.